The Balaban J connectivity index is 1.66. The van der Waals surface area contributed by atoms with Crippen LogP contribution in [0, 0.1) is 5.92 Å². The van der Waals surface area contributed by atoms with Gasteiger partial charge in [-0.15, -0.1) is 0 Å². The molecule has 0 unspecified atom stereocenters. The summed E-state index contributed by atoms with van der Waals surface area (Å²) in [6, 6.07) is 14.4. The molecule has 1 fully saturated rings. The van der Waals surface area contributed by atoms with Crippen molar-refractivity contribution in [3.8, 4) is 0 Å². The summed E-state index contributed by atoms with van der Waals surface area (Å²) in [7, 11) is 0. The summed E-state index contributed by atoms with van der Waals surface area (Å²) in [5.41, 5.74) is 0.807. The highest BCUT2D eigenvalue weighted by molar-refractivity contribution is 5.98. The number of pyridine rings is 1. The van der Waals surface area contributed by atoms with Crippen molar-refractivity contribution >= 4 is 17.6 Å². The molecule has 0 radical (unpaired) electrons. The number of carbonyl (C=O) groups is 2. The van der Waals surface area contributed by atoms with E-state index in [1.54, 1.807) is 6.07 Å². The van der Waals surface area contributed by atoms with Gasteiger partial charge in [0.15, 0.2) is 11.5 Å². The van der Waals surface area contributed by atoms with Crippen LogP contribution in [-0.2, 0) is 0 Å². The van der Waals surface area contributed by atoms with E-state index >= 15 is 0 Å². The number of aromatic carboxylic acids is 1. The van der Waals surface area contributed by atoms with Crippen molar-refractivity contribution in [2.24, 2.45) is 5.92 Å². The first kappa shape index (κ1) is 15.2. The van der Waals surface area contributed by atoms with Crippen molar-refractivity contribution in [1.82, 2.24) is 4.98 Å². The molecule has 1 N–H and O–H groups in total. The van der Waals surface area contributed by atoms with Gasteiger partial charge in [0.1, 0.15) is 5.82 Å². The number of nitrogens with zero attached hydrogens (tertiary/aromatic N) is 2. The fourth-order valence-electron chi connectivity index (χ4n) is 2.93. The Labute approximate surface area is 134 Å². The average molecular weight is 310 g/mol. The smallest absolute Gasteiger partial charge is 0.354 e. The number of aromatic nitrogens is 1. The highest BCUT2D eigenvalue weighted by Gasteiger charge is 2.26. The van der Waals surface area contributed by atoms with Crippen LogP contribution in [0.25, 0.3) is 0 Å². The van der Waals surface area contributed by atoms with Gasteiger partial charge >= 0.3 is 5.97 Å². The van der Waals surface area contributed by atoms with E-state index in [2.05, 4.69) is 4.98 Å². The van der Waals surface area contributed by atoms with E-state index in [0.717, 1.165) is 18.4 Å². The third-order valence-electron chi connectivity index (χ3n) is 4.20. The van der Waals surface area contributed by atoms with E-state index in [0.29, 0.717) is 18.9 Å². The summed E-state index contributed by atoms with van der Waals surface area (Å²) in [5.74, 6) is -0.148. The van der Waals surface area contributed by atoms with Gasteiger partial charge in [0.2, 0.25) is 0 Å². The van der Waals surface area contributed by atoms with Gasteiger partial charge < -0.3 is 10.0 Å². The number of ketones is 1. The second-order valence-corrected chi connectivity index (χ2v) is 5.68. The number of piperidine rings is 1. The summed E-state index contributed by atoms with van der Waals surface area (Å²) in [6.07, 6.45) is 1.51. The lowest BCUT2D eigenvalue weighted by atomic mass is 9.89. The maximum absolute atomic E-state index is 12.5. The molecule has 23 heavy (non-hydrogen) atoms. The fraction of sp³-hybridized carbons (Fsp3) is 0.278. The van der Waals surface area contributed by atoms with Crippen molar-refractivity contribution in [3.05, 3.63) is 59.8 Å². The summed E-state index contributed by atoms with van der Waals surface area (Å²) < 4.78 is 0. The molecule has 0 aliphatic carbocycles. The van der Waals surface area contributed by atoms with Crippen LogP contribution in [0.4, 0.5) is 5.82 Å². The molecular weight excluding hydrogens is 292 g/mol. The van der Waals surface area contributed by atoms with Crippen molar-refractivity contribution in [3.63, 3.8) is 0 Å². The van der Waals surface area contributed by atoms with Crippen LogP contribution in [0.5, 0.6) is 0 Å². The van der Waals surface area contributed by atoms with E-state index < -0.39 is 5.97 Å². The minimum absolute atomic E-state index is 0.0244. The maximum Gasteiger partial charge on any atom is 0.354 e. The van der Waals surface area contributed by atoms with Gasteiger partial charge in [-0.3, -0.25) is 4.79 Å². The number of rotatable bonds is 4. The Morgan fingerprint density at radius 1 is 1.00 bits per heavy atom. The van der Waals surface area contributed by atoms with Crippen LogP contribution in [0.1, 0.15) is 33.7 Å². The zero-order valence-electron chi connectivity index (χ0n) is 12.7. The molecule has 0 saturated carbocycles. The highest BCUT2D eigenvalue weighted by Crippen LogP contribution is 2.25. The number of carbonyl (C=O) groups excluding carboxylic acids is 1. The Morgan fingerprint density at radius 2 is 1.70 bits per heavy atom. The Bertz CT molecular complexity index is 707. The number of Topliss-reactive ketones (excluding diaryl/α,β-unsaturated/α-hetero) is 1. The summed E-state index contributed by atoms with van der Waals surface area (Å²) in [6.45, 7) is 1.42. The molecule has 1 aromatic heterocycles. The number of benzene rings is 1. The molecule has 1 aliphatic rings. The molecule has 1 saturated heterocycles. The molecule has 2 aromatic rings. The number of hydrogen-bond acceptors (Lipinski definition) is 4. The Kier molecular flexibility index (Phi) is 4.37. The van der Waals surface area contributed by atoms with Gasteiger partial charge in [0, 0.05) is 24.6 Å². The topological polar surface area (TPSA) is 70.5 Å². The molecule has 5 heteroatoms. The first-order chi connectivity index (χ1) is 11.1. The van der Waals surface area contributed by atoms with Crippen LogP contribution in [0.3, 0.4) is 0 Å². The minimum atomic E-state index is -1.03. The summed E-state index contributed by atoms with van der Waals surface area (Å²) in [5, 5.41) is 9.02. The summed E-state index contributed by atoms with van der Waals surface area (Å²) >= 11 is 0. The lowest BCUT2D eigenvalue weighted by Crippen LogP contribution is -2.37. The van der Waals surface area contributed by atoms with E-state index in [-0.39, 0.29) is 17.4 Å². The lowest BCUT2D eigenvalue weighted by molar-refractivity contribution is 0.0690. The molecule has 0 bridgehead atoms. The molecule has 118 valence electrons. The maximum atomic E-state index is 12.5. The molecule has 2 heterocycles. The van der Waals surface area contributed by atoms with Gasteiger partial charge in [0.05, 0.1) is 0 Å². The molecule has 1 aliphatic heterocycles. The van der Waals surface area contributed by atoms with Crippen molar-refractivity contribution in [2.75, 3.05) is 18.0 Å². The van der Waals surface area contributed by atoms with Crippen LogP contribution < -0.4 is 4.90 Å². The van der Waals surface area contributed by atoms with Crippen LogP contribution in [0.15, 0.2) is 48.5 Å². The van der Waals surface area contributed by atoms with Gasteiger partial charge in [0.25, 0.3) is 0 Å². The molecule has 0 atom stereocenters. The molecule has 0 spiro atoms. The normalized spacial score (nSPS) is 15.4. The van der Waals surface area contributed by atoms with Crippen molar-refractivity contribution in [2.45, 2.75) is 12.8 Å². The highest BCUT2D eigenvalue weighted by atomic mass is 16.4. The Morgan fingerprint density at radius 3 is 2.35 bits per heavy atom. The van der Waals surface area contributed by atoms with Crippen LogP contribution >= 0.6 is 0 Å². The minimum Gasteiger partial charge on any atom is -0.477 e. The van der Waals surface area contributed by atoms with Gasteiger partial charge in [-0.25, -0.2) is 9.78 Å². The Hall–Kier alpha value is -2.69. The zero-order chi connectivity index (χ0) is 16.2. The number of carboxylic acids is 1. The lowest BCUT2D eigenvalue weighted by Gasteiger charge is -2.32. The predicted molar refractivity (Wildman–Crippen MR) is 86.9 cm³/mol. The van der Waals surface area contributed by atoms with Crippen molar-refractivity contribution in [1.29, 1.82) is 0 Å². The van der Waals surface area contributed by atoms with Crippen LogP contribution in [0.2, 0.25) is 0 Å². The van der Waals surface area contributed by atoms with E-state index in [1.807, 2.05) is 41.3 Å². The number of hydrogen-bond donors (Lipinski definition) is 1. The average Bonchev–Trinajstić information content (AvgIpc) is 2.62. The second kappa shape index (κ2) is 6.60. The van der Waals surface area contributed by atoms with E-state index in [1.165, 1.54) is 6.07 Å². The molecular formula is C18H18N2O3. The van der Waals surface area contributed by atoms with Gasteiger partial charge in [-0.1, -0.05) is 36.4 Å². The van der Waals surface area contributed by atoms with Gasteiger partial charge in [-0.2, -0.15) is 0 Å². The molecule has 3 rings (SSSR count). The van der Waals surface area contributed by atoms with E-state index in [9.17, 15) is 9.59 Å². The van der Waals surface area contributed by atoms with Gasteiger partial charge in [-0.05, 0) is 25.0 Å². The third kappa shape index (κ3) is 3.39. The number of carboxylic acid groups (broad SMARTS) is 1. The fourth-order valence-corrected chi connectivity index (χ4v) is 2.93. The molecule has 1 aromatic carbocycles. The predicted octanol–water partition coefficient (Wildman–Crippen LogP) is 2.88. The largest absolute Gasteiger partial charge is 0.477 e. The summed E-state index contributed by atoms with van der Waals surface area (Å²) in [4.78, 5) is 29.7. The standard InChI is InChI=1S/C18H18N2O3/c21-17(13-5-2-1-3-6-13)14-9-11-20(12-10-14)16-8-4-7-15(19-16)18(22)23/h1-8,14H,9-12H2,(H,22,23). The zero-order valence-corrected chi connectivity index (χ0v) is 12.7. The van der Waals surface area contributed by atoms with Crippen LogP contribution in [-0.4, -0.2) is 34.9 Å². The number of anilines is 1. The first-order valence-corrected chi connectivity index (χ1v) is 7.70. The second-order valence-electron chi connectivity index (χ2n) is 5.68. The molecule has 5 nitrogen and oxygen atoms in total. The molecule has 0 amide bonds. The van der Waals surface area contributed by atoms with E-state index in [4.69, 9.17) is 5.11 Å². The SMILES string of the molecule is O=C(O)c1cccc(N2CCC(C(=O)c3ccccc3)CC2)n1. The van der Waals surface area contributed by atoms with Crippen molar-refractivity contribution < 1.29 is 14.7 Å². The first-order valence-electron chi connectivity index (χ1n) is 7.70. The monoisotopic (exact) mass is 310 g/mol. The third-order valence-corrected chi connectivity index (χ3v) is 4.20. The quantitative estimate of drug-likeness (QED) is 0.879.